The number of amides is 3. The lowest BCUT2D eigenvalue weighted by Crippen LogP contribution is -2.32. The van der Waals surface area contributed by atoms with Gasteiger partial charge >= 0.3 is 10.8 Å². The van der Waals surface area contributed by atoms with Gasteiger partial charge in [0, 0.05) is 16.5 Å². The van der Waals surface area contributed by atoms with Gasteiger partial charge in [0.05, 0.1) is 29.7 Å². The maximum Gasteiger partial charge on any atom is 0.338 e. The maximum atomic E-state index is 13.1. The molecule has 208 valence electrons. The number of phenolic OH excluding ortho intramolecular Hbond substituents is 1. The van der Waals surface area contributed by atoms with Gasteiger partial charge in [-0.1, -0.05) is 29.2 Å². The van der Waals surface area contributed by atoms with Gasteiger partial charge in [-0.3, -0.25) is 29.1 Å². The fraction of sp³-hybridized carbons (Fsp3) is 0.296. The van der Waals surface area contributed by atoms with Crippen molar-refractivity contribution in [1.29, 1.82) is 0 Å². The number of phenols is 1. The molecule has 5 rings (SSSR count). The highest BCUT2D eigenvalue weighted by Crippen LogP contribution is 2.52. The maximum absolute atomic E-state index is 13.1. The molecule has 11 nitrogen and oxygen atoms in total. The zero-order valence-electron chi connectivity index (χ0n) is 21.5. The number of imide groups is 1. The summed E-state index contributed by atoms with van der Waals surface area (Å²) in [6.07, 6.45) is 0. The van der Waals surface area contributed by atoms with Gasteiger partial charge in [-0.25, -0.2) is 4.79 Å². The van der Waals surface area contributed by atoms with E-state index in [2.05, 4.69) is 10.6 Å². The van der Waals surface area contributed by atoms with E-state index >= 15 is 0 Å². The summed E-state index contributed by atoms with van der Waals surface area (Å²) in [7, 11) is 0. The number of carbonyl (C=O) groups is 4. The first-order chi connectivity index (χ1) is 19.2. The molecule has 3 atom stereocenters. The number of nitrogens with one attached hydrogen (secondary N) is 2. The van der Waals surface area contributed by atoms with Crippen molar-refractivity contribution in [2.24, 2.45) is 5.92 Å². The van der Waals surface area contributed by atoms with Crippen LogP contribution in [-0.2, 0) is 25.7 Å². The second-order valence-corrected chi connectivity index (χ2v) is 11.1. The molecule has 3 unspecified atom stereocenters. The number of anilines is 1. The number of thiazole rings is 1. The van der Waals surface area contributed by atoms with Crippen LogP contribution in [0.15, 0.2) is 52.3 Å². The highest BCUT2D eigenvalue weighted by Gasteiger charge is 2.53. The molecule has 2 aromatic carbocycles. The molecule has 13 heteroatoms. The smallest absolute Gasteiger partial charge is 0.338 e. The van der Waals surface area contributed by atoms with Gasteiger partial charge in [-0.05, 0) is 55.8 Å². The zero-order chi connectivity index (χ0) is 28.6. The van der Waals surface area contributed by atoms with E-state index in [1.165, 1.54) is 22.8 Å². The minimum Gasteiger partial charge on any atom is -0.504 e. The minimum absolute atomic E-state index is 0.0720. The molecule has 3 aromatic rings. The summed E-state index contributed by atoms with van der Waals surface area (Å²) in [5.74, 6) is -3.15. The van der Waals surface area contributed by atoms with Crippen LogP contribution in [0.25, 0.3) is 0 Å². The number of esters is 1. The molecule has 40 heavy (non-hydrogen) atoms. The zero-order valence-corrected chi connectivity index (χ0v) is 23.1. The minimum atomic E-state index is -0.798. The molecule has 0 radical (unpaired) electrons. The Labute approximate surface area is 236 Å². The number of aromatic hydroxyl groups is 1. The van der Waals surface area contributed by atoms with E-state index < -0.39 is 45.6 Å². The second kappa shape index (κ2) is 11.2. The number of hydrogen-bond acceptors (Lipinski definition) is 10. The van der Waals surface area contributed by atoms with E-state index in [4.69, 9.17) is 9.47 Å². The van der Waals surface area contributed by atoms with Crippen molar-refractivity contribution >= 4 is 52.5 Å². The lowest BCUT2D eigenvalue weighted by atomic mass is 9.83. The van der Waals surface area contributed by atoms with Crippen molar-refractivity contribution in [1.82, 2.24) is 9.88 Å². The van der Waals surface area contributed by atoms with Crippen LogP contribution >= 0.6 is 23.1 Å². The van der Waals surface area contributed by atoms with E-state index in [1.54, 1.807) is 38.1 Å². The van der Waals surface area contributed by atoms with Crippen LogP contribution in [0.4, 0.5) is 5.69 Å². The lowest BCUT2D eigenvalue weighted by molar-refractivity contribution is -0.126. The molecule has 3 N–H and O–H groups in total. The molecule has 2 aliphatic rings. The molecule has 1 fully saturated rings. The first-order valence-corrected chi connectivity index (χ1v) is 14.2. The number of nitrogens with zero attached hydrogens (tertiary/aromatic N) is 1. The molecular weight excluding hydrogens is 558 g/mol. The van der Waals surface area contributed by atoms with Gasteiger partial charge in [0.2, 0.25) is 17.7 Å². The largest absolute Gasteiger partial charge is 0.504 e. The predicted octanol–water partition coefficient (Wildman–Crippen LogP) is 2.71. The highest BCUT2D eigenvalue weighted by molar-refractivity contribution is 8.00. The van der Waals surface area contributed by atoms with Crippen molar-refractivity contribution in [3.63, 3.8) is 0 Å². The number of benzene rings is 2. The van der Waals surface area contributed by atoms with Gasteiger partial charge in [0.1, 0.15) is 11.8 Å². The van der Waals surface area contributed by atoms with Crippen molar-refractivity contribution in [2.75, 3.05) is 18.5 Å². The first kappa shape index (κ1) is 27.5. The van der Waals surface area contributed by atoms with Crippen LogP contribution < -0.4 is 20.2 Å². The number of fused-ring (bicyclic) bond motifs is 2. The Hall–Kier alpha value is -4.10. The standard InChI is InChI=1S/C27H25N3O8S2/c1-3-37-17-11-14(7-10-16(17)31)19-20-21(24(34)29-23(20)33)39-25-22(19)40-27(36)30(25)12-18(32)28-15-8-5-13(6-9-15)26(35)38-4-2/h5-11,19-21,31H,3-4,12H2,1-2H3,(H,28,32)(H,29,33,34). The number of thioether (sulfide) groups is 1. The average molecular weight is 584 g/mol. The van der Waals surface area contributed by atoms with Gasteiger partial charge in [0.15, 0.2) is 11.5 Å². The van der Waals surface area contributed by atoms with E-state index in [0.29, 0.717) is 33.3 Å². The van der Waals surface area contributed by atoms with Crippen LogP contribution in [0.2, 0.25) is 0 Å². The van der Waals surface area contributed by atoms with Crippen LogP contribution in [0, 0.1) is 5.92 Å². The third-order valence-corrected chi connectivity index (χ3v) is 9.13. The number of aromatic nitrogens is 1. The third kappa shape index (κ3) is 5.09. The van der Waals surface area contributed by atoms with E-state index in [9.17, 15) is 29.1 Å². The first-order valence-electron chi connectivity index (χ1n) is 12.5. The summed E-state index contributed by atoms with van der Waals surface area (Å²) in [5, 5.41) is 14.9. The van der Waals surface area contributed by atoms with Crippen molar-refractivity contribution < 1.29 is 33.8 Å². The van der Waals surface area contributed by atoms with Gasteiger partial charge in [-0.15, -0.1) is 0 Å². The summed E-state index contributed by atoms with van der Waals surface area (Å²) in [6, 6.07) is 10.9. The van der Waals surface area contributed by atoms with Crippen molar-refractivity contribution in [3.05, 3.63) is 68.1 Å². The van der Waals surface area contributed by atoms with Gasteiger partial charge in [-0.2, -0.15) is 0 Å². The molecule has 3 amide bonds. The fourth-order valence-electron chi connectivity index (χ4n) is 4.78. The van der Waals surface area contributed by atoms with E-state index in [-0.39, 0.29) is 24.7 Å². The Bertz CT molecular complexity index is 1560. The summed E-state index contributed by atoms with van der Waals surface area (Å²) in [5.41, 5.74) is 1.36. The number of hydrogen-bond donors (Lipinski definition) is 3. The number of carbonyl (C=O) groups excluding carboxylic acids is 4. The molecule has 1 aromatic heterocycles. The second-order valence-electron chi connectivity index (χ2n) is 9.03. The molecular formula is C27H25N3O8S2. The molecule has 0 spiro atoms. The van der Waals surface area contributed by atoms with Crippen molar-refractivity contribution in [3.8, 4) is 11.5 Å². The number of rotatable bonds is 8. The van der Waals surface area contributed by atoms with Crippen LogP contribution in [-0.4, -0.2) is 51.8 Å². The van der Waals surface area contributed by atoms with Crippen LogP contribution in [0.5, 0.6) is 11.5 Å². The highest BCUT2D eigenvalue weighted by atomic mass is 32.2. The predicted molar refractivity (Wildman–Crippen MR) is 147 cm³/mol. The third-order valence-electron chi connectivity index (χ3n) is 6.51. The summed E-state index contributed by atoms with van der Waals surface area (Å²) >= 11 is 2.00. The monoisotopic (exact) mass is 583 g/mol. The Balaban J connectivity index is 1.46. The summed E-state index contributed by atoms with van der Waals surface area (Å²) in [6.45, 7) is 3.70. The molecule has 0 bridgehead atoms. The fourth-order valence-corrected chi connectivity index (χ4v) is 7.52. The van der Waals surface area contributed by atoms with Crippen LogP contribution in [0.3, 0.4) is 0 Å². The molecule has 3 heterocycles. The molecule has 1 saturated heterocycles. The quantitative estimate of drug-likeness (QED) is 0.268. The van der Waals surface area contributed by atoms with Crippen molar-refractivity contribution in [2.45, 2.75) is 36.6 Å². The van der Waals surface area contributed by atoms with E-state index in [0.717, 1.165) is 23.1 Å². The topological polar surface area (TPSA) is 153 Å². The summed E-state index contributed by atoms with van der Waals surface area (Å²) < 4.78 is 11.8. The Morgan fingerprint density at radius 1 is 1.05 bits per heavy atom. The summed E-state index contributed by atoms with van der Waals surface area (Å²) in [4.78, 5) is 63.7. The van der Waals surface area contributed by atoms with E-state index in [1.807, 2.05) is 0 Å². The number of ether oxygens (including phenoxy) is 2. The Morgan fingerprint density at radius 2 is 1.80 bits per heavy atom. The van der Waals surface area contributed by atoms with Gasteiger partial charge in [0.25, 0.3) is 0 Å². The van der Waals surface area contributed by atoms with Gasteiger partial charge < -0.3 is 19.9 Å². The lowest BCUT2D eigenvalue weighted by Gasteiger charge is -2.31. The Kier molecular flexibility index (Phi) is 7.68. The average Bonchev–Trinajstić information content (AvgIpc) is 3.39. The molecule has 0 saturated carbocycles. The molecule has 0 aliphatic carbocycles. The normalized spacial score (nSPS) is 19.4. The Morgan fingerprint density at radius 3 is 2.50 bits per heavy atom. The SMILES string of the molecule is CCOC(=O)c1ccc(NC(=O)Cn2c3c(sc2=O)C(c2ccc(O)c(OCC)c2)C2C(=O)NC(=O)C2S3)cc1. The van der Waals surface area contributed by atoms with Crippen LogP contribution in [0.1, 0.15) is 40.6 Å². The molecule has 2 aliphatic heterocycles.